The molecular formula is C70H120O6. The van der Waals surface area contributed by atoms with E-state index in [-0.39, 0.29) is 37.5 Å². The Morgan fingerprint density at radius 1 is 0.276 bits per heavy atom. The second kappa shape index (κ2) is 63.9. The Hall–Kier alpha value is -3.67. The molecule has 76 heavy (non-hydrogen) atoms. The van der Waals surface area contributed by atoms with Crippen LogP contribution >= 0.6 is 0 Å². The summed E-state index contributed by atoms with van der Waals surface area (Å²) in [6.45, 7) is 6.37. The lowest BCUT2D eigenvalue weighted by atomic mass is 10.0. The Morgan fingerprint density at radius 3 is 0.842 bits per heavy atom. The van der Waals surface area contributed by atoms with Crippen molar-refractivity contribution in [3.63, 3.8) is 0 Å². The van der Waals surface area contributed by atoms with Crippen molar-refractivity contribution in [3.05, 3.63) is 97.2 Å². The summed E-state index contributed by atoms with van der Waals surface area (Å²) in [5.41, 5.74) is 0. The van der Waals surface area contributed by atoms with Crippen LogP contribution in [-0.4, -0.2) is 37.2 Å². The van der Waals surface area contributed by atoms with Crippen LogP contribution in [-0.2, 0) is 28.6 Å². The van der Waals surface area contributed by atoms with E-state index in [0.29, 0.717) is 19.3 Å². The second-order valence-corrected chi connectivity index (χ2v) is 21.3. The molecule has 0 amide bonds. The fraction of sp³-hybridized carbons (Fsp3) is 0.729. The summed E-state index contributed by atoms with van der Waals surface area (Å²) in [5.74, 6) is -0.990. The zero-order chi connectivity index (χ0) is 55.0. The molecule has 1 atom stereocenters. The molecule has 0 aromatic rings. The van der Waals surface area contributed by atoms with Crippen molar-refractivity contribution in [1.29, 1.82) is 0 Å². The molecule has 0 spiro atoms. The molecule has 0 rings (SSSR count). The lowest BCUT2D eigenvalue weighted by molar-refractivity contribution is -0.167. The molecule has 0 aliphatic carbocycles. The largest absolute Gasteiger partial charge is 0.462 e. The van der Waals surface area contributed by atoms with Crippen LogP contribution in [0.15, 0.2) is 97.2 Å². The van der Waals surface area contributed by atoms with Crippen molar-refractivity contribution in [1.82, 2.24) is 0 Å². The van der Waals surface area contributed by atoms with E-state index in [4.69, 9.17) is 14.2 Å². The molecule has 0 fully saturated rings. The molecule has 6 nitrogen and oxygen atoms in total. The molecule has 0 aromatic heterocycles. The van der Waals surface area contributed by atoms with E-state index in [2.05, 4.69) is 118 Å². The molecule has 0 N–H and O–H groups in total. The number of hydrogen-bond acceptors (Lipinski definition) is 6. The van der Waals surface area contributed by atoms with Crippen LogP contribution in [0.4, 0.5) is 0 Å². The lowest BCUT2D eigenvalue weighted by Crippen LogP contribution is -2.30. The molecule has 0 aliphatic heterocycles. The molecule has 0 saturated carbocycles. The van der Waals surface area contributed by atoms with Gasteiger partial charge in [-0.25, -0.2) is 0 Å². The molecule has 0 aliphatic rings. The fourth-order valence-corrected chi connectivity index (χ4v) is 9.08. The van der Waals surface area contributed by atoms with E-state index in [9.17, 15) is 14.4 Å². The van der Waals surface area contributed by atoms with Gasteiger partial charge >= 0.3 is 17.9 Å². The number of carbonyl (C=O) groups is 3. The highest BCUT2D eigenvalue weighted by molar-refractivity contribution is 5.71. The maximum atomic E-state index is 12.9. The van der Waals surface area contributed by atoms with Gasteiger partial charge in [-0.2, -0.15) is 0 Å². The Kier molecular flexibility index (Phi) is 60.8. The topological polar surface area (TPSA) is 78.9 Å². The highest BCUT2D eigenvalue weighted by Gasteiger charge is 2.19. The summed E-state index contributed by atoms with van der Waals surface area (Å²) in [5, 5.41) is 0. The second-order valence-electron chi connectivity index (χ2n) is 21.3. The molecular weight excluding hydrogens is 937 g/mol. The quantitative estimate of drug-likeness (QED) is 0.0261. The van der Waals surface area contributed by atoms with Crippen LogP contribution in [0.5, 0.6) is 0 Å². The van der Waals surface area contributed by atoms with Crippen LogP contribution in [0.3, 0.4) is 0 Å². The van der Waals surface area contributed by atoms with Crippen molar-refractivity contribution in [2.24, 2.45) is 0 Å². The van der Waals surface area contributed by atoms with Gasteiger partial charge in [-0.05, 0) is 89.9 Å². The lowest BCUT2D eigenvalue weighted by Gasteiger charge is -2.18. The van der Waals surface area contributed by atoms with Crippen LogP contribution in [0.2, 0.25) is 0 Å². The van der Waals surface area contributed by atoms with Crippen molar-refractivity contribution < 1.29 is 28.6 Å². The standard InChI is InChI=1S/C70H120O6/c1-4-7-10-13-16-19-22-25-27-29-30-31-32-33-34-35-36-37-38-39-41-42-45-48-51-54-57-60-63-69(72)75-66-67(65-74-68(71)62-59-56-53-50-47-44-24-21-18-15-12-9-6-3)76-70(73)64-61-58-55-52-49-46-43-40-28-26-23-20-17-14-11-8-5-2/h8-9,11-12,17-18,20-21,26,28,43-44,46-47,52,55,67H,4-7,10,13-16,19,22-25,27,29-42,45,48-51,53-54,56-66H2,1-3H3/b11-8-,12-9-,20-17-,21-18-,28-26-,46-43-,47-44-,55-52-. The van der Waals surface area contributed by atoms with E-state index >= 15 is 0 Å². The fourth-order valence-electron chi connectivity index (χ4n) is 9.08. The number of esters is 3. The normalized spacial score (nSPS) is 12.7. The van der Waals surface area contributed by atoms with Gasteiger partial charge in [0.2, 0.25) is 0 Å². The summed E-state index contributed by atoms with van der Waals surface area (Å²) in [4.78, 5) is 38.2. The number of unbranched alkanes of at least 4 members (excludes halogenated alkanes) is 31. The first-order chi connectivity index (χ1) is 37.5. The van der Waals surface area contributed by atoms with Crippen LogP contribution < -0.4 is 0 Å². The van der Waals surface area contributed by atoms with E-state index in [1.807, 2.05) is 0 Å². The monoisotopic (exact) mass is 1060 g/mol. The minimum absolute atomic E-state index is 0.108. The molecule has 0 heterocycles. The average molecular weight is 1060 g/mol. The first-order valence-electron chi connectivity index (χ1n) is 32.2. The van der Waals surface area contributed by atoms with Crippen molar-refractivity contribution >= 4 is 17.9 Å². The number of ether oxygens (including phenoxy) is 3. The number of allylic oxidation sites excluding steroid dienone is 16. The molecule has 1 unspecified atom stereocenters. The third-order valence-corrected chi connectivity index (χ3v) is 13.8. The first kappa shape index (κ1) is 72.3. The van der Waals surface area contributed by atoms with Crippen molar-refractivity contribution in [2.75, 3.05) is 13.2 Å². The Balaban J connectivity index is 4.28. The van der Waals surface area contributed by atoms with E-state index in [1.165, 1.54) is 161 Å². The molecule has 0 radical (unpaired) electrons. The Morgan fingerprint density at radius 2 is 0.526 bits per heavy atom. The summed E-state index contributed by atoms with van der Waals surface area (Å²) in [6, 6.07) is 0. The van der Waals surface area contributed by atoms with Crippen LogP contribution in [0.1, 0.15) is 310 Å². The van der Waals surface area contributed by atoms with Gasteiger partial charge in [0.25, 0.3) is 0 Å². The smallest absolute Gasteiger partial charge is 0.306 e. The molecule has 0 saturated heterocycles. The maximum absolute atomic E-state index is 12.9. The van der Waals surface area contributed by atoms with E-state index in [0.717, 1.165) is 103 Å². The number of hydrogen-bond donors (Lipinski definition) is 0. The predicted octanol–water partition coefficient (Wildman–Crippen LogP) is 22.0. The van der Waals surface area contributed by atoms with E-state index < -0.39 is 6.10 Å². The molecule has 6 heteroatoms. The van der Waals surface area contributed by atoms with Gasteiger partial charge in [0, 0.05) is 19.3 Å². The summed E-state index contributed by atoms with van der Waals surface area (Å²) < 4.78 is 16.8. The van der Waals surface area contributed by atoms with E-state index in [1.54, 1.807) is 0 Å². The first-order valence-corrected chi connectivity index (χ1v) is 32.2. The average Bonchev–Trinajstić information content (AvgIpc) is 3.42. The number of rotatable bonds is 58. The minimum Gasteiger partial charge on any atom is -0.462 e. The van der Waals surface area contributed by atoms with Crippen molar-refractivity contribution in [2.45, 2.75) is 316 Å². The van der Waals surface area contributed by atoms with Gasteiger partial charge in [0.15, 0.2) is 6.10 Å². The summed E-state index contributed by atoms with van der Waals surface area (Å²) >= 11 is 0. The highest BCUT2D eigenvalue weighted by Crippen LogP contribution is 2.17. The molecule has 436 valence electrons. The van der Waals surface area contributed by atoms with Gasteiger partial charge < -0.3 is 14.2 Å². The van der Waals surface area contributed by atoms with Crippen LogP contribution in [0, 0.1) is 0 Å². The molecule has 0 bridgehead atoms. The zero-order valence-electron chi connectivity index (χ0n) is 50.0. The number of carbonyl (C=O) groups excluding carboxylic acids is 3. The third kappa shape index (κ3) is 61.2. The highest BCUT2D eigenvalue weighted by atomic mass is 16.6. The van der Waals surface area contributed by atoms with Gasteiger partial charge in [-0.3, -0.25) is 14.4 Å². The zero-order valence-corrected chi connectivity index (χ0v) is 50.0. The molecule has 0 aromatic carbocycles. The summed E-state index contributed by atoms with van der Waals surface area (Å²) in [6.07, 6.45) is 85.9. The minimum atomic E-state index is -0.820. The van der Waals surface area contributed by atoms with Gasteiger partial charge in [0.1, 0.15) is 13.2 Å². The third-order valence-electron chi connectivity index (χ3n) is 13.8. The Bertz CT molecular complexity index is 1490. The Labute approximate surface area is 470 Å². The van der Waals surface area contributed by atoms with Gasteiger partial charge in [-0.1, -0.05) is 298 Å². The SMILES string of the molecule is CC/C=C\C/C=C\C/C=C\C/C=C\C/C=C\CCCC(=O)OC(COC(=O)CCCCC/C=C\C/C=C\C/C=C\CC)COC(=O)CCCCCCCCCCCCCCCCCCCCCCCCCCCCCC. The predicted molar refractivity (Wildman–Crippen MR) is 330 cm³/mol. The summed E-state index contributed by atoms with van der Waals surface area (Å²) in [7, 11) is 0. The van der Waals surface area contributed by atoms with Gasteiger partial charge in [-0.15, -0.1) is 0 Å². The van der Waals surface area contributed by atoms with Crippen LogP contribution in [0.25, 0.3) is 0 Å². The maximum Gasteiger partial charge on any atom is 0.306 e. The van der Waals surface area contributed by atoms with Crippen molar-refractivity contribution in [3.8, 4) is 0 Å². The van der Waals surface area contributed by atoms with Gasteiger partial charge in [0.05, 0.1) is 0 Å².